The Morgan fingerprint density at radius 2 is 1.19 bits per heavy atom. The molecule has 0 radical (unpaired) electrons. The SMILES string of the molecule is CCCCCCCCCCCCC(=O)O.O. The van der Waals surface area contributed by atoms with E-state index in [1.54, 1.807) is 0 Å². The molecule has 0 bridgehead atoms. The quantitative estimate of drug-likeness (QED) is 0.553. The molecular formula is C13H28O3. The van der Waals surface area contributed by atoms with E-state index >= 15 is 0 Å². The number of aliphatic carboxylic acids is 1. The highest BCUT2D eigenvalue weighted by Crippen LogP contribution is 2.10. The van der Waals surface area contributed by atoms with E-state index in [2.05, 4.69) is 6.92 Å². The minimum Gasteiger partial charge on any atom is -0.481 e. The van der Waals surface area contributed by atoms with Crippen LogP contribution in [0.3, 0.4) is 0 Å². The van der Waals surface area contributed by atoms with Crippen molar-refractivity contribution in [2.45, 2.75) is 77.6 Å². The van der Waals surface area contributed by atoms with Crippen molar-refractivity contribution in [3.8, 4) is 0 Å². The lowest BCUT2D eigenvalue weighted by Crippen LogP contribution is -1.93. The van der Waals surface area contributed by atoms with Gasteiger partial charge in [-0.3, -0.25) is 4.79 Å². The Balaban J connectivity index is 0. The fourth-order valence-electron chi connectivity index (χ4n) is 1.76. The van der Waals surface area contributed by atoms with Crippen LogP contribution in [0, 0.1) is 0 Å². The first-order chi connectivity index (χ1) is 7.27. The minimum atomic E-state index is -0.658. The maximum Gasteiger partial charge on any atom is 0.303 e. The van der Waals surface area contributed by atoms with Crippen LogP contribution < -0.4 is 0 Å². The van der Waals surface area contributed by atoms with Crippen LogP contribution in [0.4, 0.5) is 0 Å². The molecule has 0 aliphatic heterocycles. The fourth-order valence-corrected chi connectivity index (χ4v) is 1.76. The third-order valence-corrected chi connectivity index (χ3v) is 2.74. The summed E-state index contributed by atoms with van der Waals surface area (Å²) in [7, 11) is 0. The van der Waals surface area contributed by atoms with Crippen molar-refractivity contribution < 1.29 is 15.4 Å². The molecule has 0 aromatic rings. The van der Waals surface area contributed by atoms with E-state index in [1.165, 1.54) is 51.4 Å². The van der Waals surface area contributed by atoms with Crippen LogP contribution in [0.1, 0.15) is 77.6 Å². The van der Waals surface area contributed by atoms with Gasteiger partial charge >= 0.3 is 5.97 Å². The van der Waals surface area contributed by atoms with Gasteiger partial charge in [-0.05, 0) is 6.42 Å². The molecule has 0 fully saturated rings. The van der Waals surface area contributed by atoms with Gasteiger partial charge in [-0.15, -0.1) is 0 Å². The van der Waals surface area contributed by atoms with Crippen molar-refractivity contribution in [3.63, 3.8) is 0 Å². The van der Waals surface area contributed by atoms with Crippen molar-refractivity contribution in [1.82, 2.24) is 0 Å². The molecular weight excluding hydrogens is 204 g/mol. The average molecular weight is 232 g/mol. The molecule has 0 aromatic carbocycles. The molecule has 3 N–H and O–H groups in total. The van der Waals surface area contributed by atoms with Gasteiger partial charge in [0.15, 0.2) is 0 Å². The molecule has 0 saturated carbocycles. The molecule has 16 heavy (non-hydrogen) atoms. The third kappa shape index (κ3) is 15.9. The average Bonchev–Trinajstić information content (AvgIpc) is 2.20. The van der Waals surface area contributed by atoms with Gasteiger partial charge in [0.25, 0.3) is 0 Å². The normalized spacial score (nSPS) is 9.81. The number of hydrogen-bond acceptors (Lipinski definition) is 1. The molecule has 0 spiro atoms. The summed E-state index contributed by atoms with van der Waals surface area (Å²) in [5.41, 5.74) is 0. The van der Waals surface area contributed by atoms with Gasteiger partial charge in [0.05, 0.1) is 0 Å². The monoisotopic (exact) mass is 232 g/mol. The standard InChI is InChI=1S/C13H26O2.H2O/c1-2-3-4-5-6-7-8-9-10-11-12-13(14)15;/h2-12H2,1H3,(H,14,15);1H2. The smallest absolute Gasteiger partial charge is 0.303 e. The number of hydrogen-bond donors (Lipinski definition) is 1. The second-order valence-corrected chi connectivity index (χ2v) is 4.33. The fraction of sp³-hybridized carbons (Fsp3) is 0.923. The predicted octanol–water partition coefficient (Wildman–Crippen LogP) is 3.56. The van der Waals surface area contributed by atoms with E-state index < -0.39 is 5.97 Å². The molecule has 3 nitrogen and oxygen atoms in total. The lowest BCUT2D eigenvalue weighted by molar-refractivity contribution is -0.137. The lowest BCUT2D eigenvalue weighted by atomic mass is 10.1. The number of carboxylic acids is 1. The van der Waals surface area contributed by atoms with E-state index in [4.69, 9.17) is 5.11 Å². The molecule has 0 heterocycles. The van der Waals surface area contributed by atoms with E-state index in [1.807, 2.05) is 0 Å². The largest absolute Gasteiger partial charge is 0.481 e. The summed E-state index contributed by atoms with van der Waals surface area (Å²) in [5, 5.41) is 8.44. The molecule has 0 aromatic heterocycles. The summed E-state index contributed by atoms with van der Waals surface area (Å²) in [4.78, 5) is 10.2. The first-order valence-corrected chi connectivity index (χ1v) is 6.49. The summed E-state index contributed by atoms with van der Waals surface area (Å²) in [6.07, 6.45) is 12.9. The van der Waals surface area contributed by atoms with Crippen LogP contribution in [0.25, 0.3) is 0 Å². The molecule has 0 aliphatic rings. The zero-order valence-electron chi connectivity index (χ0n) is 10.6. The highest BCUT2D eigenvalue weighted by Gasteiger charge is 1.96. The Hall–Kier alpha value is -0.570. The first kappa shape index (κ1) is 17.8. The highest BCUT2D eigenvalue weighted by molar-refractivity contribution is 5.66. The van der Waals surface area contributed by atoms with Gasteiger partial charge in [-0.1, -0.05) is 64.7 Å². The lowest BCUT2D eigenvalue weighted by Gasteiger charge is -2.01. The number of carboxylic acid groups (broad SMARTS) is 1. The van der Waals surface area contributed by atoms with Gasteiger partial charge in [0, 0.05) is 6.42 Å². The maximum absolute atomic E-state index is 10.2. The van der Waals surface area contributed by atoms with Crippen molar-refractivity contribution >= 4 is 5.97 Å². The van der Waals surface area contributed by atoms with Crippen LogP contribution >= 0.6 is 0 Å². The van der Waals surface area contributed by atoms with E-state index in [0.29, 0.717) is 6.42 Å². The Morgan fingerprint density at radius 1 is 0.812 bits per heavy atom. The maximum atomic E-state index is 10.2. The zero-order valence-corrected chi connectivity index (χ0v) is 10.6. The molecule has 0 rings (SSSR count). The van der Waals surface area contributed by atoms with Gasteiger partial charge in [-0.25, -0.2) is 0 Å². The van der Waals surface area contributed by atoms with Crippen LogP contribution in [0.2, 0.25) is 0 Å². The van der Waals surface area contributed by atoms with Crippen LogP contribution in [-0.2, 0) is 4.79 Å². The first-order valence-electron chi connectivity index (χ1n) is 6.49. The summed E-state index contributed by atoms with van der Waals surface area (Å²) >= 11 is 0. The predicted molar refractivity (Wildman–Crippen MR) is 67.7 cm³/mol. The molecule has 0 amide bonds. The van der Waals surface area contributed by atoms with E-state index in [-0.39, 0.29) is 5.48 Å². The van der Waals surface area contributed by atoms with Gasteiger partial charge in [0.1, 0.15) is 0 Å². The van der Waals surface area contributed by atoms with E-state index in [9.17, 15) is 4.79 Å². The van der Waals surface area contributed by atoms with Gasteiger partial charge in [0.2, 0.25) is 0 Å². The minimum absolute atomic E-state index is 0. The Kier molecular flexibility index (Phi) is 16.1. The molecule has 0 unspecified atom stereocenters. The Labute approximate surface area is 99.6 Å². The van der Waals surface area contributed by atoms with Gasteiger partial charge < -0.3 is 10.6 Å². The Morgan fingerprint density at radius 3 is 1.56 bits per heavy atom. The summed E-state index contributed by atoms with van der Waals surface area (Å²) in [5.74, 6) is -0.658. The number of unbranched alkanes of at least 4 members (excludes halogenated alkanes) is 9. The molecule has 98 valence electrons. The van der Waals surface area contributed by atoms with Gasteiger partial charge in [-0.2, -0.15) is 0 Å². The zero-order chi connectivity index (χ0) is 11.4. The molecule has 3 heteroatoms. The van der Waals surface area contributed by atoms with Crippen molar-refractivity contribution in [2.24, 2.45) is 0 Å². The van der Waals surface area contributed by atoms with Crippen LogP contribution in [0.15, 0.2) is 0 Å². The topological polar surface area (TPSA) is 68.8 Å². The van der Waals surface area contributed by atoms with Crippen molar-refractivity contribution in [1.29, 1.82) is 0 Å². The summed E-state index contributed by atoms with van der Waals surface area (Å²) in [6, 6.07) is 0. The highest BCUT2D eigenvalue weighted by atomic mass is 16.4. The second-order valence-electron chi connectivity index (χ2n) is 4.33. The molecule has 0 atom stereocenters. The second kappa shape index (κ2) is 14.4. The van der Waals surface area contributed by atoms with Crippen molar-refractivity contribution in [3.05, 3.63) is 0 Å². The van der Waals surface area contributed by atoms with E-state index in [0.717, 1.165) is 12.8 Å². The molecule has 0 aliphatic carbocycles. The Bertz CT molecular complexity index is 146. The number of carbonyl (C=O) groups is 1. The molecule has 0 saturated heterocycles. The van der Waals surface area contributed by atoms with Crippen LogP contribution in [-0.4, -0.2) is 16.6 Å². The summed E-state index contributed by atoms with van der Waals surface area (Å²) in [6.45, 7) is 2.24. The third-order valence-electron chi connectivity index (χ3n) is 2.74. The number of rotatable bonds is 11. The van der Waals surface area contributed by atoms with Crippen molar-refractivity contribution in [2.75, 3.05) is 0 Å². The summed E-state index contributed by atoms with van der Waals surface area (Å²) < 4.78 is 0. The van der Waals surface area contributed by atoms with Crippen LogP contribution in [0.5, 0.6) is 0 Å².